The molecule has 0 unspecified atom stereocenters. The van der Waals surface area contributed by atoms with Crippen LogP contribution in [0.1, 0.15) is 0 Å². The van der Waals surface area contributed by atoms with Gasteiger partial charge in [0.2, 0.25) is 0 Å². The number of nitrogens with zero attached hydrogens (tertiary/aromatic N) is 3. The van der Waals surface area contributed by atoms with Crippen molar-refractivity contribution in [2.75, 3.05) is 12.1 Å². The molecule has 17 heavy (non-hydrogen) atoms. The molecule has 1 N–H and O–H groups in total. The van der Waals surface area contributed by atoms with Gasteiger partial charge in [0.15, 0.2) is 0 Å². The molecule has 2 rings (SSSR count). The Morgan fingerprint density at radius 3 is 2.82 bits per heavy atom. The van der Waals surface area contributed by atoms with Gasteiger partial charge in [-0.05, 0) is 12.1 Å². The molecular formula is C11H10FN3O2. The van der Waals surface area contributed by atoms with Crippen LogP contribution in [0.25, 0.3) is 11.3 Å². The Hall–Kier alpha value is -2.37. The lowest BCUT2D eigenvalue weighted by Gasteiger charge is -2.12. The molecule has 1 aromatic carbocycles. The normalized spacial score (nSPS) is 10.2. The smallest absolute Gasteiger partial charge is 0.426 e. The fourth-order valence-electron chi connectivity index (χ4n) is 1.38. The van der Waals surface area contributed by atoms with Crippen LogP contribution >= 0.6 is 0 Å². The average Bonchev–Trinajstić information content (AvgIpc) is 2.77. The standard InChI is InChI=1S/C11H10FN3O2/c1-14(11(16)17)15-6-10(13-7-15)8-4-2-3-5-9(8)12/h2-7H,1H3,(H,16,17). The van der Waals surface area contributed by atoms with Gasteiger partial charge in [-0.1, -0.05) is 12.1 Å². The number of halogens is 1. The van der Waals surface area contributed by atoms with Crippen LogP contribution in [0.5, 0.6) is 0 Å². The van der Waals surface area contributed by atoms with E-state index in [1.165, 1.54) is 30.3 Å². The van der Waals surface area contributed by atoms with Crippen molar-refractivity contribution in [1.29, 1.82) is 0 Å². The van der Waals surface area contributed by atoms with Crippen LogP contribution in [0.15, 0.2) is 36.8 Å². The molecule has 1 heterocycles. The fourth-order valence-corrected chi connectivity index (χ4v) is 1.38. The van der Waals surface area contributed by atoms with Crippen LogP contribution in [0.2, 0.25) is 0 Å². The molecule has 0 bridgehead atoms. The van der Waals surface area contributed by atoms with Crippen molar-refractivity contribution in [3.8, 4) is 11.3 Å². The SMILES string of the molecule is CN(C(=O)O)n1cnc(-c2ccccc2F)c1. The minimum Gasteiger partial charge on any atom is -0.464 e. The van der Waals surface area contributed by atoms with E-state index in [0.29, 0.717) is 11.3 Å². The van der Waals surface area contributed by atoms with Gasteiger partial charge < -0.3 is 5.11 Å². The van der Waals surface area contributed by atoms with E-state index >= 15 is 0 Å². The lowest BCUT2D eigenvalue weighted by molar-refractivity contribution is 0.197. The summed E-state index contributed by atoms with van der Waals surface area (Å²) in [4.78, 5) is 14.7. The minimum atomic E-state index is -1.12. The maximum atomic E-state index is 13.5. The molecule has 88 valence electrons. The number of aromatic nitrogens is 2. The number of hydrogen-bond acceptors (Lipinski definition) is 2. The van der Waals surface area contributed by atoms with E-state index < -0.39 is 11.9 Å². The van der Waals surface area contributed by atoms with Crippen molar-refractivity contribution in [2.24, 2.45) is 0 Å². The maximum absolute atomic E-state index is 13.5. The average molecular weight is 235 g/mol. The van der Waals surface area contributed by atoms with Crippen molar-refractivity contribution >= 4 is 6.09 Å². The van der Waals surface area contributed by atoms with Gasteiger partial charge in [0.05, 0.1) is 11.9 Å². The lowest BCUT2D eigenvalue weighted by atomic mass is 10.1. The van der Waals surface area contributed by atoms with Crippen molar-refractivity contribution in [2.45, 2.75) is 0 Å². The van der Waals surface area contributed by atoms with Gasteiger partial charge >= 0.3 is 6.09 Å². The highest BCUT2D eigenvalue weighted by Crippen LogP contribution is 2.20. The molecule has 0 saturated carbocycles. The van der Waals surface area contributed by atoms with Crippen molar-refractivity contribution in [3.63, 3.8) is 0 Å². The summed E-state index contributed by atoms with van der Waals surface area (Å²) in [5.41, 5.74) is 0.723. The van der Waals surface area contributed by atoms with Gasteiger partial charge in [0.25, 0.3) is 0 Å². The second kappa shape index (κ2) is 4.25. The maximum Gasteiger partial charge on any atom is 0.426 e. The Balaban J connectivity index is 2.37. The van der Waals surface area contributed by atoms with Gasteiger partial charge in [0, 0.05) is 12.6 Å². The predicted molar refractivity (Wildman–Crippen MR) is 59.8 cm³/mol. The summed E-state index contributed by atoms with van der Waals surface area (Å²) < 4.78 is 14.7. The summed E-state index contributed by atoms with van der Waals surface area (Å²) in [6.07, 6.45) is 1.64. The minimum absolute atomic E-state index is 0.338. The van der Waals surface area contributed by atoms with Crippen LogP contribution in [0.4, 0.5) is 9.18 Å². The number of amides is 1. The van der Waals surface area contributed by atoms with Crippen LogP contribution in [0.3, 0.4) is 0 Å². The van der Waals surface area contributed by atoms with Gasteiger partial charge in [0.1, 0.15) is 12.1 Å². The van der Waals surface area contributed by atoms with E-state index in [1.54, 1.807) is 18.2 Å². The molecule has 6 heteroatoms. The number of rotatable bonds is 2. The summed E-state index contributed by atoms with van der Waals surface area (Å²) in [5.74, 6) is -0.393. The topological polar surface area (TPSA) is 58.4 Å². The van der Waals surface area contributed by atoms with E-state index in [-0.39, 0.29) is 0 Å². The molecule has 2 aromatic rings. The Morgan fingerprint density at radius 1 is 1.47 bits per heavy atom. The highest BCUT2D eigenvalue weighted by atomic mass is 19.1. The van der Waals surface area contributed by atoms with Crippen molar-refractivity contribution < 1.29 is 14.3 Å². The Bertz CT molecular complexity index is 553. The molecular weight excluding hydrogens is 225 g/mol. The van der Waals surface area contributed by atoms with Gasteiger partial charge in [-0.25, -0.2) is 23.9 Å². The number of carboxylic acid groups (broad SMARTS) is 1. The first kappa shape index (κ1) is 11.1. The molecule has 0 radical (unpaired) electrons. The molecule has 1 aromatic heterocycles. The van der Waals surface area contributed by atoms with Gasteiger partial charge in [-0.2, -0.15) is 0 Å². The van der Waals surface area contributed by atoms with Gasteiger partial charge in [-0.3, -0.25) is 0 Å². The van der Waals surface area contributed by atoms with E-state index in [9.17, 15) is 9.18 Å². The zero-order valence-corrected chi connectivity index (χ0v) is 9.04. The molecule has 0 aliphatic heterocycles. The molecule has 5 nitrogen and oxygen atoms in total. The lowest BCUT2D eigenvalue weighted by Crippen LogP contribution is -2.34. The molecule has 0 fully saturated rings. The number of benzene rings is 1. The second-order valence-electron chi connectivity index (χ2n) is 3.42. The molecule has 0 saturated heterocycles. The highest BCUT2D eigenvalue weighted by molar-refractivity contribution is 5.75. The third-order valence-corrected chi connectivity index (χ3v) is 2.34. The van der Waals surface area contributed by atoms with E-state index in [4.69, 9.17) is 5.11 Å². The fraction of sp³-hybridized carbons (Fsp3) is 0.0909. The number of imidazole rings is 1. The number of hydrogen-bond donors (Lipinski definition) is 1. The van der Waals surface area contributed by atoms with E-state index in [2.05, 4.69) is 4.98 Å². The van der Waals surface area contributed by atoms with Crippen molar-refractivity contribution in [1.82, 2.24) is 9.66 Å². The largest absolute Gasteiger partial charge is 0.464 e. The monoisotopic (exact) mass is 235 g/mol. The molecule has 0 aliphatic rings. The Kier molecular flexibility index (Phi) is 2.78. The molecule has 1 amide bonds. The van der Waals surface area contributed by atoms with Crippen LogP contribution < -0.4 is 5.01 Å². The quantitative estimate of drug-likeness (QED) is 0.865. The van der Waals surface area contributed by atoms with Crippen LogP contribution in [0, 0.1) is 5.82 Å². The van der Waals surface area contributed by atoms with Crippen LogP contribution in [-0.4, -0.2) is 27.9 Å². The molecule has 0 atom stereocenters. The zero-order valence-electron chi connectivity index (χ0n) is 9.04. The summed E-state index contributed by atoms with van der Waals surface area (Å²) in [6.45, 7) is 0. The zero-order chi connectivity index (χ0) is 12.4. The predicted octanol–water partition coefficient (Wildman–Crippen LogP) is 1.93. The first-order valence-electron chi connectivity index (χ1n) is 4.85. The molecule has 0 aliphatic carbocycles. The van der Waals surface area contributed by atoms with E-state index in [1.807, 2.05) is 0 Å². The molecule has 0 spiro atoms. The number of carbonyl (C=O) groups is 1. The first-order chi connectivity index (χ1) is 8.09. The third kappa shape index (κ3) is 2.10. The first-order valence-corrected chi connectivity index (χ1v) is 4.85. The van der Waals surface area contributed by atoms with Crippen molar-refractivity contribution in [3.05, 3.63) is 42.6 Å². The van der Waals surface area contributed by atoms with Gasteiger partial charge in [-0.15, -0.1) is 0 Å². The Labute approximate surface area is 96.7 Å². The second-order valence-corrected chi connectivity index (χ2v) is 3.42. The van der Waals surface area contributed by atoms with Crippen LogP contribution in [-0.2, 0) is 0 Å². The highest BCUT2D eigenvalue weighted by Gasteiger charge is 2.11. The summed E-state index contributed by atoms with van der Waals surface area (Å²) in [6, 6.07) is 6.19. The third-order valence-electron chi connectivity index (χ3n) is 2.34. The summed E-state index contributed by atoms with van der Waals surface area (Å²) in [7, 11) is 1.37. The summed E-state index contributed by atoms with van der Waals surface area (Å²) in [5, 5.41) is 9.71. The van der Waals surface area contributed by atoms with E-state index in [0.717, 1.165) is 5.01 Å². The summed E-state index contributed by atoms with van der Waals surface area (Å²) >= 11 is 0. The Morgan fingerprint density at radius 2 is 2.18 bits per heavy atom.